The molecule has 33 heavy (non-hydrogen) atoms. The van der Waals surface area contributed by atoms with Crippen LogP contribution < -0.4 is 5.32 Å². The average Bonchev–Trinajstić information content (AvgIpc) is 3.30. The van der Waals surface area contributed by atoms with E-state index < -0.39 is 6.04 Å². The predicted octanol–water partition coefficient (Wildman–Crippen LogP) is 6.40. The van der Waals surface area contributed by atoms with E-state index in [1.54, 1.807) is 28.8 Å². The molecule has 3 rings (SSSR count). The van der Waals surface area contributed by atoms with E-state index >= 15 is 0 Å². The van der Waals surface area contributed by atoms with Crippen molar-refractivity contribution in [3.05, 3.63) is 69.2 Å². The minimum absolute atomic E-state index is 0.0494. The van der Waals surface area contributed by atoms with E-state index in [0.717, 1.165) is 37.0 Å². The monoisotopic (exact) mass is 506 g/mol. The van der Waals surface area contributed by atoms with Gasteiger partial charge in [-0.25, -0.2) is 0 Å². The second-order valence-corrected chi connectivity index (χ2v) is 10.5. The van der Waals surface area contributed by atoms with Gasteiger partial charge in [-0.1, -0.05) is 78.9 Å². The molecule has 0 aliphatic heterocycles. The highest BCUT2D eigenvalue weighted by atomic mass is 35.5. The first-order chi connectivity index (χ1) is 15.9. The van der Waals surface area contributed by atoms with Crippen LogP contribution in [-0.4, -0.2) is 34.6 Å². The Hall–Kier alpha value is -1.69. The lowest BCUT2D eigenvalue weighted by Gasteiger charge is -2.31. The predicted molar refractivity (Wildman–Crippen MR) is 139 cm³/mol. The number of hydrogen-bond donors (Lipinski definition) is 1. The zero-order chi connectivity index (χ0) is 23.8. The van der Waals surface area contributed by atoms with Crippen molar-refractivity contribution in [1.29, 1.82) is 0 Å². The number of amides is 2. The normalized spacial score (nSPS) is 14.8. The van der Waals surface area contributed by atoms with Crippen LogP contribution in [0.2, 0.25) is 10.0 Å². The van der Waals surface area contributed by atoms with Crippen LogP contribution in [-0.2, 0) is 21.9 Å². The molecule has 1 fully saturated rings. The Kier molecular flexibility index (Phi) is 9.96. The van der Waals surface area contributed by atoms with Crippen molar-refractivity contribution in [3.8, 4) is 0 Å². The van der Waals surface area contributed by atoms with Gasteiger partial charge in [-0.15, -0.1) is 11.8 Å². The van der Waals surface area contributed by atoms with Gasteiger partial charge in [0, 0.05) is 18.3 Å². The maximum atomic E-state index is 13.4. The fraction of sp³-hybridized carbons (Fsp3) is 0.462. The second-order valence-electron chi connectivity index (χ2n) is 8.66. The molecule has 0 heterocycles. The van der Waals surface area contributed by atoms with Gasteiger partial charge in [0.1, 0.15) is 6.04 Å². The largest absolute Gasteiger partial charge is 0.352 e. The topological polar surface area (TPSA) is 49.4 Å². The Balaban J connectivity index is 1.71. The summed E-state index contributed by atoms with van der Waals surface area (Å²) in [5, 5.41) is 4.09. The van der Waals surface area contributed by atoms with Crippen molar-refractivity contribution in [2.45, 2.75) is 70.3 Å². The lowest BCUT2D eigenvalue weighted by atomic mass is 10.1. The molecule has 0 aromatic heterocycles. The summed E-state index contributed by atoms with van der Waals surface area (Å²) in [6.45, 7) is 4.33. The van der Waals surface area contributed by atoms with Crippen LogP contribution in [0, 0.1) is 6.92 Å². The number of aryl methyl sites for hydroxylation is 1. The molecule has 0 radical (unpaired) electrons. The van der Waals surface area contributed by atoms with Gasteiger partial charge in [-0.3, -0.25) is 9.59 Å². The number of nitrogens with zero attached hydrogens (tertiary/aromatic N) is 1. The van der Waals surface area contributed by atoms with Crippen LogP contribution in [0.3, 0.4) is 0 Å². The molecule has 4 nitrogen and oxygen atoms in total. The van der Waals surface area contributed by atoms with Gasteiger partial charge in [-0.05, 0) is 49.4 Å². The van der Waals surface area contributed by atoms with Gasteiger partial charge in [0.25, 0.3) is 0 Å². The summed E-state index contributed by atoms with van der Waals surface area (Å²) in [5.74, 6) is 0.938. The summed E-state index contributed by atoms with van der Waals surface area (Å²) >= 11 is 13.8. The van der Waals surface area contributed by atoms with E-state index in [-0.39, 0.29) is 17.9 Å². The van der Waals surface area contributed by atoms with Crippen molar-refractivity contribution in [1.82, 2.24) is 10.2 Å². The van der Waals surface area contributed by atoms with E-state index in [1.807, 2.05) is 13.0 Å². The third kappa shape index (κ3) is 7.66. The molecule has 1 aliphatic carbocycles. The quantitative estimate of drug-likeness (QED) is 0.405. The zero-order valence-corrected chi connectivity index (χ0v) is 21.6. The summed E-state index contributed by atoms with van der Waals surface area (Å²) in [6, 6.07) is 13.4. The number of carbonyl (C=O) groups excluding carboxylic acids is 2. The van der Waals surface area contributed by atoms with Crippen molar-refractivity contribution < 1.29 is 9.59 Å². The molecule has 2 amide bonds. The Labute approximate surface area is 211 Å². The molecule has 2 aromatic rings. The Morgan fingerprint density at radius 3 is 2.36 bits per heavy atom. The van der Waals surface area contributed by atoms with E-state index in [9.17, 15) is 9.59 Å². The van der Waals surface area contributed by atoms with Crippen LogP contribution >= 0.6 is 35.0 Å². The Morgan fingerprint density at radius 2 is 1.73 bits per heavy atom. The molecule has 0 unspecified atom stereocenters. The molecule has 0 saturated heterocycles. The molecule has 1 N–H and O–H groups in total. The molecule has 7 heteroatoms. The SMILES string of the molecule is CC[C@@H](C(=O)NC1CCCC1)N(Cc1ccc(Cl)c(Cl)c1)C(=O)CSCc1ccc(C)cc1. The summed E-state index contributed by atoms with van der Waals surface area (Å²) in [7, 11) is 0. The van der Waals surface area contributed by atoms with Gasteiger partial charge >= 0.3 is 0 Å². The fourth-order valence-corrected chi connectivity index (χ4v) is 5.34. The second kappa shape index (κ2) is 12.7. The minimum Gasteiger partial charge on any atom is -0.352 e. The number of benzene rings is 2. The van der Waals surface area contributed by atoms with E-state index in [4.69, 9.17) is 23.2 Å². The number of rotatable bonds is 10. The van der Waals surface area contributed by atoms with Crippen molar-refractivity contribution >= 4 is 46.8 Å². The van der Waals surface area contributed by atoms with Gasteiger partial charge in [0.2, 0.25) is 11.8 Å². The Bertz CT molecular complexity index is 946. The summed E-state index contributed by atoms with van der Waals surface area (Å²) in [4.78, 5) is 28.2. The van der Waals surface area contributed by atoms with Crippen LogP contribution in [0.15, 0.2) is 42.5 Å². The maximum absolute atomic E-state index is 13.4. The number of carbonyl (C=O) groups is 2. The molecule has 1 atom stereocenters. The van der Waals surface area contributed by atoms with Crippen LogP contribution in [0.1, 0.15) is 55.7 Å². The maximum Gasteiger partial charge on any atom is 0.243 e. The van der Waals surface area contributed by atoms with Crippen LogP contribution in [0.4, 0.5) is 0 Å². The summed E-state index contributed by atoms with van der Waals surface area (Å²) in [6.07, 6.45) is 4.85. The molecular formula is C26H32Cl2N2O2S. The van der Waals surface area contributed by atoms with Crippen LogP contribution in [0.25, 0.3) is 0 Å². The molecular weight excluding hydrogens is 475 g/mol. The van der Waals surface area contributed by atoms with Crippen molar-refractivity contribution in [3.63, 3.8) is 0 Å². The highest BCUT2D eigenvalue weighted by Crippen LogP contribution is 2.25. The molecule has 2 aromatic carbocycles. The first kappa shape index (κ1) is 25.9. The lowest BCUT2D eigenvalue weighted by Crippen LogP contribution is -2.51. The highest BCUT2D eigenvalue weighted by Gasteiger charge is 2.30. The molecule has 0 spiro atoms. The van der Waals surface area contributed by atoms with E-state index in [0.29, 0.717) is 28.8 Å². The lowest BCUT2D eigenvalue weighted by molar-refractivity contribution is -0.139. The zero-order valence-electron chi connectivity index (χ0n) is 19.3. The summed E-state index contributed by atoms with van der Waals surface area (Å²) < 4.78 is 0. The first-order valence-corrected chi connectivity index (χ1v) is 13.5. The Morgan fingerprint density at radius 1 is 1.06 bits per heavy atom. The highest BCUT2D eigenvalue weighted by molar-refractivity contribution is 7.99. The first-order valence-electron chi connectivity index (χ1n) is 11.5. The molecule has 1 aliphatic rings. The van der Waals surface area contributed by atoms with Gasteiger partial charge in [-0.2, -0.15) is 0 Å². The third-order valence-electron chi connectivity index (χ3n) is 6.04. The number of halogens is 2. The minimum atomic E-state index is -0.521. The molecule has 1 saturated carbocycles. The van der Waals surface area contributed by atoms with E-state index in [1.165, 1.54) is 11.1 Å². The average molecular weight is 508 g/mol. The van der Waals surface area contributed by atoms with Crippen LogP contribution in [0.5, 0.6) is 0 Å². The van der Waals surface area contributed by atoms with E-state index in [2.05, 4.69) is 36.5 Å². The smallest absolute Gasteiger partial charge is 0.243 e. The molecule has 0 bridgehead atoms. The standard InChI is InChI=1S/C26H32Cl2N2O2S/c1-3-24(26(32)29-21-6-4-5-7-21)30(15-20-12-13-22(27)23(28)14-20)25(31)17-33-16-19-10-8-18(2)9-11-19/h8-14,21,24H,3-7,15-17H2,1-2H3,(H,29,32)/t24-/m0/s1. The van der Waals surface area contributed by atoms with Crippen molar-refractivity contribution in [2.24, 2.45) is 0 Å². The number of hydrogen-bond acceptors (Lipinski definition) is 3. The number of nitrogens with one attached hydrogen (secondary N) is 1. The van der Waals surface area contributed by atoms with Crippen molar-refractivity contribution in [2.75, 3.05) is 5.75 Å². The molecule has 178 valence electrons. The van der Waals surface area contributed by atoms with Gasteiger partial charge in [0.15, 0.2) is 0 Å². The summed E-state index contributed by atoms with van der Waals surface area (Å²) in [5.41, 5.74) is 3.25. The third-order valence-corrected chi connectivity index (χ3v) is 7.77. The van der Waals surface area contributed by atoms with Gasteiger partial charge in [0.05, 0.1) is 15.8 Å². The number of thioether (sulfide) groups is 1. The fourth-order valence-electron chi connectivity index (χ4n) is 4.15. The van der Waals surface area contributed by atoms with Gasteiger partial charge < -0.3 is 10.2 Å².